The van der Waals surface area contributed by atoms with Crippen LogP contribution in [0.1, 0.15) is 6.42 Å². The highest BCUT2D eigenvalue weighted by Crippen LogP contribution is 2.10. The van der Waals surface area contributed by atoms with Crippen LogP contribution in [0.15, 0.2) is 0 Å². The Bertz CT molecular complexity index is 296. The molecule has 0 aromatic rings. The first kappa shape index (κ1) is 11.3. The van der Waals surface area contributed by atoms with Crippen molar-refractivity contribution in [2.75, 3.05) is 20.3 Å². The lowest BCUT2D eigenvalue weighted by Crippen LogP contribution is -2.48. The molecular weight excluding hydrogens is 214 g/mol. The maximum atomic E-state index is 11.7. The molecule has 16 heavy (non-hydrogen) atoms. The van der Waals surface area contributed by atoms with Gasteiger partial charge in [0.2, 0.25) is 5.91 Å². The standard InChI is InChI=1S/C9H15N3O4/c1-15-5-2-6(10-3-5)8(13)11-7-4-16-12-9(7)14/h5-7,10H,2-4H2,1H3,(H,11,13)(H,12,14)/t5?,6?,7-/m1/s1. The number of hydroxylamine groups is 1. The van der Waals surface area contributed by atoms with Gasteiger partial charge in [-0.3, -0.25) is 14.4 Å². The minimum absolute atomic E-state index is 0.0596. The van der Waals surface area contributed by atoms with Crippen LogP contribution in [0.2, 0.25) is 0 Å². The molecular formula is C9H15N3O4. The highest BCUT2D eigenvalue weighted by atomic mass is 16.7. The smallest absolute Gasteiger partial charge is 0.268 e. The summed E-state index contributed by atoms with van der Waals surface area (Å²) >= 11 is 0. The molecule has 2 saturated heterocycles. The summed E-state index contributed by atoms with van der Waals surface area (Å²) in [7, 11) is 1.62. The Balaban J connectivity index is 1.82. The summed E-state index contributed by atoms with van der Waals surface area (Å²) in [6.07, 6.45) is 0.682. The molecule has 2 fully saturated rings. The van der Waals surface area contributed by atoms with E-state index in [9.17, 15) is 9.59 Å². The Hall–Kier alpha value is -1.18. The van der Waals surface area contributed by atoms with Gasteiger partial charge in [-0.15, -0.1) is 0 Å². The molecule has 0 aromatic carbocycles. The minimum atomic E-state index is -0.587. The Morgan fingerprint density at radius 3 is 3.00 bits per heavy atom. The third-order valence-corrected chi connectivity index (χ3v) is 2.80. The lowest BCUT2D eigenvalue weighted by Gasteiger charge is -2.13. The molecule has 3 N–H and O–H groups in total. The van der Waals surface area contributed by atoms with Gasteiger partial charge in [0.15, 0.2) is 0 Å². The zero-order chi connectivity index (χ0) is 11.5. The lowest BCUT2D eigenvalue weighted by molar-refractivity contribution is -0.129. The van der Waals surface area contributed by atoms with Crippen molar-refractivity contribution in [3.8, 4) is 0 Å². The van der Waals surface area contributed by atoms with Crippen molar-refractivity contribution in [1.29, 1.82) is 0 Å². The topological polar surface area (TPSA) is 88.7 Å². The Kier molecular flexibility index (Phi) is 3.37. The third kappa shape index (κ3) is 2.31. The summed E-state index contributed by atoms with van der Waals surface area (Å²) < 4.78 is 5.14. The molecule has 2 aliphatic rings. The van der Waals surface area contributed by atoms with E-state index in [1.165, 1.54) is 0 Å². The maximum Gasteiger partial charge on any atom is 0.268 e. The van der Waals surface area contributed by atoms with Crippen LogP contribution in [-0.4, -0.2) is 50.3 Å². The van der Waals surface area contributed by atoms with E-state index in [4.69, 9.17) is 9.57 Å². The molecule has 7 heteroatoms. The van der Waals surface area contributed by atoms with E-state index in [1.807, 2.05) is 0 Å². The molecule has 2 unspecified atom stereocenters. The molecule has 90 valence electrons. The molecule has 0 aliphatic carbocycles. The van der Waals surface area contributed by atoms with Crippen LogP contribution >= 0.6 is 0 Å². The number of hydrogen-bond donors (Lipinski definition) is 3. The first-order chi connectivity index (χ1) is 7.70. The SMILES string of the molecule is COC1CNC(C(=O)N[C@@H]2CONC2=O)C1. The number of amides is 2. The molecule has 0 spiro atoms. The van der Waals surface area contributed by atoms with E-state index in [0.717, 1.165) is 0 Å². The number of ether oxygens (including phenoxy) is 1. The van der Waals surface area contributed by atoms with Crippen LogP contribution < -0.4 is 16.1 Å². The second-order valence-electron chi connectivity index (χ2n) is 3.89. The van der Waals surface area contributed by atoms with Gasteiger partial charge in [-0.2, -0.15) is 0 Å². The average Bonchev–Trinajstić information content (AvgIpc) is 2.88. The molecule has 3 atom stereocenters. The Labute approximate surface area is 92.8 Å². The van der Waals surface area contributed by atoms with Crippen molar-refractivity contribution < 1.29 is 19.2 Å². The van der Waals surface area contributed by atoms with Crippen molar-refractivity contribution >= 4 is 11.8 Å². The van der Waals surface area contributed by atoms with Crippen LogP contribution in [0.4, 0.5) is 0 Å². The van der Waals surface area contributed by atoms with Crippen molar-refractivity contribution in [3.05, 3.63) is 0 Å². The fourth-order valence-electron chi connectivity index (χ4n) is 1.81. The van der Waals surface area contributed by atoms with Crippen molar-refractivity contribution in [3.63, 3.8) is 0 Å². The maximum absolute atomic E-state index is 11.7. The summed E-state index contributed by atoms with van der Waals surface area (Å²) in [6, 6.07) is -0.880. The van der Waals surface area contributed by atoms with Gasteiger partial charge in [-0.25, -0.2) is 5.48 Å². The molecule has 0 bridgehead atoms. The van der Waals surface area contributed by atoms with Crippen LogP contribution in [-0.2, 0) is 19.2 Å². The fourth-order valence-corrected chi connectivity index (χ4v) is 1.81. The molecule has 0 radical (unpaired) electrons. The van der Waals surface area contributed by atoms with E-state index in [0.29, 0.717) is 13.0 Å². The zero-order valence-electron chi connectivity index (χ0n) is 8.99. The predicted molar refractivity (Wildman–Crippen MR) is 53.2 cm³/mol. The van der Waals surface area contributed by atoms with Crippen molar-refractivity contribution in [2.24, 2.45) is 0 Å². The second-order valence-corrected chi connectivity index (χ2v) is 3.89. The largest absolute Gasteiger partial charge is 0.380 e. The zero-order valence-corrected chi connectivity index (χ0v) is 8.99. The van der Waals surface area contributed by atoms with Crippen LogP contribution in [0, 0.1) is 0 Å². The van der Waals surface area contributed by atoms with Gasteiger partial charge < -0.3 is 15.4 Å². The van der Waals surface area contributed by atoms with E-state index < -0.39 is 6.04 Å². The quantitative estimate of drug-likeness (QED) is 0.516. The first-order valence-corrected chi connectivity index (χ1v) is 5.19. The summed E-state index contributed by atoms with van der Waals surface area (Å²) in [4.78, 5) is 27.6. The number of hydrogen-bond acceptors (Lipinski definition) is 5. The Morgan fingerprint density at radius 2 is 2.44 bits per heavy atom. The highest BCUT2D eigenvalue weighted by molar-refractivity contribution is 5.90. The fraction of sp³-hybridized carbons (Fsp3) is 0.778. The molecule has 0 aromatic heterocycles. The molecule has 2 rings (SSSR count). The number of carbonyl (C=O) groups excluding carboxylic acids is 2. The number of nitrogens with one attached hydrogen (secondary N) is 3. The summed E-state index contributed by atoms with van der Waals surface area (Å²) in [5.41, 5.74) is 2.19. The lowest BCUT2D eigenvalue weighted by atomic mass is 10.2. The van der Waals surface area contributed by atoms with Crippen LogP contribution in [0.25, 0.3) is 0 Å². The number of methoxy groups -OCH3 is 1. The summed E-state index contributed by atoms with van der Waals surface area (Å²) in [5.74, 6) is -0.500. The van der Waals surface area contributed by atoms with Crippen LogP contribution in [0.3, 0.4) is 0 Å². The monoisotopic (exact) mass is 229 g/mol. The average molecular weight is 229 g/mol. The number of rotatable bonds is 3. The predicted octanol–water partition coefficient (Wildman–Crippen LogP) is -2.09. The second kappa shape index (κ2) is 4.77. The van der Waals surface area contributed by atoms with Gasteiger partial charge in [0.1, 0.15) is 12.6 Å². The normalized spacial score (nSPS) is 33.8. The van der Waals surface area contributed by atoms with Gasteiger partial charge >= 0.3 is 0 Å². The highest BCUT2D eigenvalue weighted by Gasteiger charge is 2.33. The van der Waals surface area contributed by atoms with Crippen LogP contribution in [0.5, 0.6) is 0 Å². The molecule has 2 heterocycles. The molecule has 2 amide bonds. The van der Waals surface area contributed by atoms with E-state index >= 15 is 0 Å². The minimum Gasteiger partial charge on any atom is -0.380 e. The molecule has 2 aliphatic heterocycles. The number of carbonyl (C=O) groups is 2. The van der Waals surface area contributed by atoms with Gasteiger partial charge in [0.05, 0.1) is 12.1 Å². The van der Waals surface area contributed by atoms with Crippen molar-refractivity contribution in [1.82, 2.24) is 16.1 Å². The van der Waals surface area contributed by atoms with Crippen molar-refractivity contribution in [2.45, 2.75) is 24.6 Å². The summed E-state index contributed by atoms with van der Waals surface area (Å²) in [6.45, 7) is 0.826. The van der Waals surface area contributed by atoms with Gasteiger partial charge in [0.25, 0.3) is 5.91 Å². The van der Waals surface area contributed by atoms with E-state index in [-0.39, 0.29) is 30.6 Å². The Morgan fingerprint density at radius 1 is 1.62 bits per heavy atom. The summed E-state index contributed by atoms with van der Waals surface area (Å²) in [5, 5.41) is 5.66. The third-order valence-electron chi connectivity index (χ3n) is 2.80. The van der Waals surface area contributed by atoms with Gasteiger partial charge in [-0.05, 0) is 6.42 Å². The van der Waals surface area contributed by atoms with E-state index in [1.54, 1.807) is 7.11 Å². The van der Waals surface area contributed by atoms with E-state index in [2.05, 4.69) is 16.1 Å². The molecule has 0 saturated carbocycles. The van der Waals surface area contributed by atoms with Gasteiger partial charge in [-0.1, -0.05) is 0 Å². The first-order valence-electron chi connectivity index (χ1n) is 5.19. The van der Waals surface area contributed by atoms with Gasteiger partial charge in [0, 0.05) is 13.7 Å². The molecule has 7 nitrogen and oxygen atoms in total.